The number of allylic oxidation sites excluding steroid dienone is 6. The van der Waals surface area contributed by atoms with Gasteiger partial charge in [0.1, 0.15) is 0 Å². The third kappa shape index (κ3) is 3.20. The van der Waals surface area contributed by atoms with Gasteiger partial charge >= 0.3 is 0 Å². The predicted molar refractivity (Wildman–Crippen MR) is 103 cm³/mol. The molecule has 0 saturated heterocycles. The molecule has 3 rings (SSSR count). The number of rotatable bonds is 3. The number of hydrogen-bond donors (Lipinski definition) is 1. The number of aromatic amines is 1. The largest absolute Gasteiger partial charge is 0.360 e. The summed E-state index contributed by atoms with van der Waals surface area (Å²) in [6.07, 6.45) is 5.42. The Morgan fingerprint density at radius 1 is 1.16 bits per heavy atom. The number of hydrogen-bond acceptors (Lipinski definition) is 2. The average molecular weight is 395 g/mol. The Morgan fingerprint density at radius 2 is 1.88 bits per heavy atom. The van der Waals surface area contributed by atoms with E-state index in [1.807, 2.05) is 13.8 Å². The van der Waals surface area contributed by atoms with Crippen molar-refractivity contribution in [2.75, 3.05) is 0 Å². The van der Waals surface area contributed by atoms with Gasteiger partial charge in [0.2, 0.25) is 5.78 Å². The van der Waals surface area contributed by atoms with Crippen LogP contribution in [0.1, 0.15) is 25.0 Å². The zero-order valence-corrected chi connectivity index (χ0v) is 15.8. The molecule has 1 aromatic heterocycles. The molecule has 1 N–H and O–H groups in total. The molecule has 0 radical (unpaired) electrons. The summed E-state index contributed by atoms with van der Waals surface area (Å²) in [5.74, 6) is -0.942. The van der Waals surface area contributed by atoms with Crippen molar-refractivity contribution in [3.8, 4) is 0 Å². The van der Waals surface area contributed by atoms with Crippen LogP contribution in [0, 0.1) is 0 Å². The van der Waals surface area contributed by atoms with E-state index in [1.165, 1.54) is 5.57 Å². The molecule has 2 aromatic rings. The molecule has 1 heterocycles. The third-order valence-corrected chi connectivity index (χ3v) is 5.04. The molecule has 0 spiro atoms. The van der Waals surface area contributed by atoms with Crippen LogP contribution in [0.5, 0.6) is 0 Å². The zero-order chi connectivity index (χ0) is 18.3. The molecule has 0 saturated carbocycles. The molecule has 6 heteroatoms. The van der Waals surface area contributed by atoms with Crippen molar-refractivity contribution in [3.63, 3.8) is 0 Å². The number of carbonyl (C=O) groups excluding carboxylic acids is 2. The average Bonchev–Trinajstić information content (AvgIpc) is 2.96. The van der Waals surface area contributed by atoms with E-state index < -0.39 is 11.6 Å². The molecule has 0 atom stereocenters. The smallest absolute Gasteiger partial charge is 0.206 e. The van der Waals surface area contributed by atoms with Crippen molar-refractivity contribution in [3.05, 3.63) is 62.3 Å². The van der Waals surface area contributed by atoms with Crippen LogP contribution in [0.2, 0.25) is 5.02 Å². The number of carbonyl (C=O) groups is 2. The van der Waals surface area contributed by atoms with Crippen LogP contribution in [0.4, 0.5) is 0 Å². The van der Waals surface area contributed by atoms with Gasteiger partial charge in [-0.1, -0.05) is 52.5 Å². The van der Waals surface area contributed by atoms with Crippen LogP contribution in [0.3, 0.4) is 0 Å². The van der Waals surface area contributed by atoms with Crippen molar-refractivity contribution < 1.29 is 9.59 Å². The van der Waals surface area contributed by atoms with Crippen molar-refractivity contribution in [2.45, 2.75) is 20.3 Å². The standard InChI is InChI=1S/C19H14Cl3NO2/c1-9(2)3-4-11-13(20)6-5-10-12(8-23-18(10)11)16-17(22)15(24)7-14(21)19(16)25/h3,5-8,23H,4H2,1-2H3. The van der Waals surface area contributed by atoms with E-state index in [2.05, 4.69) is 11.1 Å². The van der Waals surface area contributed by atoms with E-state index in [-0.39, 0.29) is 15.6 Å². The third-order valence-electron chi connectivity index (χ3n) is 4.03. The molecular weight excluding hydrogens is 381 g/mol. The number of nitrogens with one attached hydrogen (secondary N) is 1. The monoisotopic (exact) mass is 393 g/mol. The number of ketones is 2. The highest BCUT2D eigenvalue weighted by molar-refractivity contribution is 6.62. The van der Waals surface area contributed by atoms with Crippen LogP contribution in [-0.4, -0.2) is 16.6 Å². The van der Waals surface area contributed by atoms with E-state index >= 15 is 0 Å². The molecule has 0 amide bonds. The Labute approximate surface area is 159 Å². The second kappa shape index (κ2) is 6.83. The van der Waals surface area contributed by atoms with Gasteiger partial charge in [0.15, 0.2) is 5.78 Å². The minimum Gasteiger partial charge on any atom is -0.360 e. The lowest BCUT2D eigenvalue weighted by Gasteiger charge is -2.12. The minimum atomic E-state index is -0.477. The first-order chi connectivity index (χ1) is 11.8. The van der Waals surface area contributed by atoms with Gasteiger partial charge in [0.25, 0.3) is 0 Å². The second-order valence-electron chi connectivity index (χ2n) is 6.01. The quantitative estimate of drug-likeness (QED) is 0.548. The number of benzene rings is 1. The zero-order valence-electron chi connectivity index (χ0n) is 13.5. The summed E-state index contributed by atoms with van der Waals surface area (Å²) < 4.78 is 0. The van der Waals surface area contributed by atoms with Gasteiger partial charge in [0, 0.05) is 28.2 Å². The number of aromatic nitrogens is 1. The van der Waals surface area contributed by atoms with Gasteiger partial charge in [-0.3, -0.25) is 9.59 Å². The maximum atomic E-state index is 12.4. The van der Waals surface area contributed by atoms with Gasteiger partial charge in [-0.2, -0.15) is 0 Å². The van der Waals surface area contributed by atoms with E-state index in [4.69, 9.17) is 34.8 Å². The minimum absolute atomic E-state index is 0.112. The summed E-state index contributed by atoms with van der Waals surface area (Å²) in [5.41, 5.74) is 3.55. The van der Waals surface area contributed by atoms with Gasteiger partial charge in [-0.15, -0.1) is 0 Å². The highest BCUT2D eigenvalue weighted by Crippen LogP contribution is 2.37. The van der Waals surface area contributed by atoms with Gasteiger partial charge in [0.05, 0.1) is 21.2 Å². The normalized spacial score (nSPS) is 15.0. The maximum Gasteiger partial charge on any atom is 0.206 e. The van der Waals surface area contributed by atoms with Gasteiger partial charge in [-0.25, -0.2) is 0 Å². The lowest BCUT2D eigenvalue weighted by Crippen LogP contribution is -2.13. The van der Waals surface area contributed by atoms with Gasteiger partial charge < -0.3 is 4.98 Å². The molecule has 1 aliphatic rings. The summed E-state index contributed by atoms with van der Waals surface area (Å²) in [4.78, 5) is 27.6. The number of halogens is 3. The maximum absolute atomic E-state index is 12.4. The molecule has 3 nitrogen and oxygen atoms in total. The van der Waals surface area contributed by atoms with Crippen LogP contribution < -0.4 is 0 Å². The molecule has 25 heavy (non-hydrogen) atoms. The molecule has 0 bridgehead atoms. The van der Waals surface area contributed by atoms with Crippen LogP contribution in [0.25, 0.3) is 16.5 Å². The van der Waals surface area contributed by atoms with E-state index in [0.29, 0.717) is 17.0 Å². The first-order valence-corrected chi connectivity index (χ1v) is 8.72. The Kier molecular flexibility index (Phi) is 4.92. The highest BCUT2D eigenvalue weighted by Gasteiger charge is 2.29. The van der Waals surface area contributed by atoms with Gasteiger partial charge in [-0.05, 0) is 31.9 Å². The van der Waals surface area contributed by atoms with E-state index in [0.717, 1.165) is 22.5 Å². The SMILES string of the molecule is CC(C)=CCc1c(Cl)ccc2c(C3=C(Cl)C(=O)C=C(Cl)C3=O)c[nH]c12. The summed E-state index contributed by atoms with van der Waals surface area (Å²) in [6.45, 7) is 4.03. The summed E-state index contributed by atoms with van der Waals surface area (Å²) >= 11 is 18.4. The van der Waals surface area contributed by atoms with Crippen LogP contribution in [0.15, 0.2) is 46.1 Å². The number of fused-ring (bicyclic) bond motifs is 1. The van der Waals surface area contributed by atoms with Crippen molar-refractivity contribution in [1.82, 2.24) is 4.98 Å². The molecular formula is C19H14Cl3NO2. The van der Waals surface area contributed by atoms with E-state index in [9.17, 15) is 9.59 Å². The first-order valence-electron chi connectivity index (χ1n) is 7.59. The molecule has 1 aliphatic carbocycles. The fourth-order valence-corrected chi connectivity index (χ4v) is 3.44. The van der Waals surface area contributed by atoms with Crippen molar-refractivity contribution >= 4 is 62.8 Å². The number of H-pyrrole nitrogens is 1. The first kappa shape index (κ1) is 18.0. The van der Waals surface area contributed by atoms with Crippen LogP contribution in [-0.2, 0) is 16.0 Å². The Bertz CT molecular complexity index is 1010. The molecule has 128 valence electrons. The molecule has 1 aromatic carbocycles. The summed E-state index contributed by atoms with van der Waals surface area (Å²) in [6, 6.07) is 3.58. The lowest BCUT2D eigenvalue weighted by molar-refractivity contribution is -0.113. The molecule has 0 fully saturated rings. The Hall–Kier alpha value is -1.81. The van der Waals surface area contributed by atoms with Crippen molar-refractivity contribution in [2.24, 2.45) is 0 Å². The summed E-state index contributed by atoms with van der Waals surface area (Å²) in [5, 5.41) is 1.12. The fourth-order valence-electron chi connectivity index (χ4n) is 2.77. The Morgan fingerprint density at radius 3 is 2.56 bits per heavy atom. The van der Waals surface area contributed by atoms with Crippen molar-refractivity contribution in [1.29, 1.82) is 0 Å². The molecule has 0 aliphatic heterocycles. The summed E-state index contributed by atoms with van der Waals surface area (Å²) in [7, 11) is 0. The second-order valence-corrected chi connectivity index (χ2v) is 7.20. The lowest BCUT2D eigenvalue weighted by atomic mass is 9.94. The van der Waals surface area contributed by atoms with Crippen LogP contribution >= 0.6 is 34.8 Å². The predicted octanol–water partition coefficient (Wildman–Crippen LogP) is 5.55. The van der Waals surface area contributed by atoms with E-state index in [1.54, 1.807) is 18.3 Å². The molecule has 0 unspecified atom stereocenters. The topological polar surface area (TPSA) is 49.9 Å². The number of Topliss-reactive ketones (excluding diaryl/α,β-unsaturated/α-hetero) is 1. The highest BCUT2D eigenvalue weighted by atomic mass is 35.5. The fraction of sp³-hybridized carbons (Fsp3) is 0.158. The Balaban J connectivity index is 2.22.